The molecule has 9 heteroatoms. The zero-order valence-electron chi connectivity index (χ0n) is 14.7. The molecule has 1 N–H and O–H groups in total. The molecule has 144 valence electrons. The van der Waals surface area contributed by atoms with E-state index in [4.69, 9.17) is 16.3 Å². The summed E-state index contributed by atoms with van der Waals surface area (Å²) in [5, 5.41) is 3.30. The van der Waals surface area contributed by atoms with Crippen LogP contribution in [0.4, 0.5) is 10.1 Å². The van der Waals surface area contributed by atoms with Gasteiger partial charge in [0.05, 0.1) is 18.6 Å². The smallest absolute Gasteiger partial charge is 0.287 e. The first-order valence-electron chi connectivity index (χ1n) is 8.07. The molecule has 0 spiro atoms. The van der Waals surface area contributed by atoms with E-state index in [2.05, 4.69) is 10.3 Å². The van der Waals surface area contributed by atoms with Gasteiger partial charge in [0.2, 0.25) is 5.91 Å². The van der Waals surface area contributed by atoms with Gasteiger partial charge in [-0.3, -0.25) is 14.2 Å². The number of rotatable bonds is 6. The van der Waals surface area contributed by atoms with Crippen LogP contribution in [0.25, 0.3) is 5.69 Å². The van der Waals surface area contributed by atoms with E-state index in [0.29, 0.717) is 22.1 Å². The van der Waals surface area contributed by atoms with Crippen LogP contribution in [0.5, 0.6) is 5.75 Å². The molecule has 0 bridgehead atoms. The van der Waals surface area contributed by atoms with Crippen molar-refractivity contribution < 1.29 is 13.9 Å². The Morgan fingerprint density at radius 2 is 2.04 bits per heavy atom. The highest BCUT2D eigenvalue weighted by molar-refractivity contribution is 7.99. The predicted molar refractivity (Wildman–Crippen MR) is 107 cm³/mol. The summed E-state index contributed by atoms with van der Waals surface area (Å²) in [4.78, 5) is 28.9. The van der Waals surface area contributed by atoms with Crippen molar-refractivity contribution in [2.75, 3.05) is 18.2 Å². The molecule has 0 aliphatic heterocycles. The lowest BCUT2D eigenvalue weighted by atomic mass is 10.3. The highest BCUT2D eigenvalue weighted by Gasteiger charge is 2.12. The predicted octanol–water partition coefficient (Wildman–Crippen LogP) is 3.76. The van der Waals surface area contributed by atoms with E-state index in [9.17, 15) is 14.0 Å². The van der Waals surface area contributed by atoms with Gasteiger partial charge in [0.15, 0.2) is 5.03 Å². The van der Waals surface area contributed by atoms with Gasteiger partial charge in [0.25, 0.3) is 5.56 Å². The number of anilines is 1. The molecule has 1 heterocycles. The van der Waals surface area contributed by atoms with Gasteiger partial charge in [-0.05, 0) is 42.5 Å². The number of halogens is 2. The summed E-state index contributed by atoms with van der Waals surface area (Å²) in [6.07, 6.45) is 2.93. The number of hydrogen-bond donors (Lipinski definition) is 1. The minimum Gasteiger partial charge on any atom is -0.495 e. The fourth-order valence-corrected chi connectivity index (χ4v) is 3.27. The topological polar surface area (TPSA) is 73.2 Å². The van der Waals surface area contributed by atoms with Crippen LogP contribution < -0.4 is 15.6 Å². The standard InChI is InChI=1S/C19H15ClFN3O3S/c1-27-16-7-2-12(20)10-15(16)23-17(25)11-28-18-19(26)24(9-8-22-18)14-5-3-13(21)4-6-14/h2-10H,11H2,1H3,(H,23,25). The highest BCUT2D eigenvalue weighted by atomic mass is 35.5. The van der Waals surface area contributed by atoms with Gasteiger partial charge in [0, 0.05) is 23.1 Å². The van der Waals surface area contributed by atoms with Crippen molar-refractivity contribution in [2.24, 2.45) is 0 Å². The average Bonchev–Trinajstić information content (AvgIpc) is 2.68. The van der Waals surface area contributed by atoms with Crippen LogP contribution in [0.3, 0.4) is 0 Å². The zero-order valence-corrected chi connectivity index (χ0v) is 16.3. The number of methoxy groups -OCH3 is 1. The Kier molecular flexibility index (Phi) is 6.33. The van der Waals surface area contributed by atoms with Crippen LogP contribution in [0, 0.1) is 5.82 Å². The maximum Gasteiger partial charge on any atom is 0.287 e. The zero-order chi connectivity index (χ0) is 20.1. The summed E-state index contributed by atoms with van der Waals surface area (Å²) >= 11 is 6.95. The van der Waals surface area contributed by atoms with E-state index < -0.39 is 11.4 Å². The highest BCUT2D eigenvalue weighted by Crippen LogP contribution is 2.28. The van der Waals surface area contributed by atoms with Crippen molar-refractivity contribution in [2.45, 2.75) is 5.03 Å². The quantitative estimate of drug-likeness (QED) is 0.616. The molecule has 0 saturated carbocycles. The second-order valence-corrected chi connectivity index (χ2v) is 6.97. The van der Waals surface area contributed by atoms with Crippen LogP contribution in [-0.4, -0.2) is 28.3 Å². The second kappa shape index (κ2) is 8.90. The van der Waals surface area contributed by atoms with Crippen LogP contribution in [0.1, 0.15) is 0 Å². The first-order valence-corrected chi connectivity index (χ1v) is 9.44. The maximum atomic E-state index is 13.1. The van der Waals surface area contributed by atoms with Crippen molar-refractivity contribution in [3.8, 4) is 11.4 Å². The Bertz CT molecular complexity index is 1060. The van der Waals surface area contributed by atoms with Crippen molar-refractivity contribution >= 4 is 35.0 Å². The molecular formula is C19H15ClFN3O3S. The molecule has 2 aromatic carbocycles. The number of thioether (sulfide) groups is 1. The molecule has 3 rings (SSSR count). The van der Waals surface area contributed by atoms with E-state index in [1.807, 2.05) is 0 Å². The van der Waals surface area contributed by atoms with Crippen molar-refractivity contribution in [1.29, 1.82) is 0 Å². The van der Waals surface area contributed by atoms with Gasteiger partial charge in [-0.1, -0.05) is 23.4 Å². The molecule has 0 radical (unpaired) electrons. The Labute approximate surface area is 169 Å². The molecule has 0 aliphatic carbocycles. The van der Waals surface area contributed by atoms with E-state index in [1.165, 1.54) is 48.3 Å². The lowest BCUT2D eigenvalue weighted by molar-refractivity contribution is -0.113. The Morgan fingerprint density at radius 3 is 2.75 bits per heavy atom. The molecule has 3 aromatic rings. The summed E-state index contributed by atoms with van der Waals surface area (Å²) in [5.74, 6) is -0.303. The Balaban J connectivity index is 1.72. The molecule has 1 amide bonds. The third-order valence-corrected chi connectivity index (χ3v) is 4.88. The number of nitrogens with one attached hydrogen (secondary N) is 1. The van der Waals surface area contributed by atoms with Gasteiger partial charge in [-0.15, -0.1) is 0 Å². The average molecular weight is 420 g/mol. The molecule has 6 nitrogen and oxygen atoms in total. The molecule has 0 aliphatic rings. The fraction of sp³-hybridized carbons (Fsp3) is 0.105. The lowest BCUT2D eigenvalue weighted by Crippen LogP contribution is -2.22. The summed E-state index contributed by atoms with van der Waals surface area (Å²) in [5.41, 5.74) is 0.543. The molecular weight excluding hydrogens is 405 g/mol. The summed E-state index contributed by atoms with van der Waals surface area (Å²) < 4.78 is 19.6. The molecule has 0 fully saturated rings. The van der Waals surface area contributed by atoms with Crippen molar-refractivity contribution in [3.05, 3.63) is 76.1 Å². The van der Waals surface area contributed by atoms with Gasteiger partial charge in [0.1, 0.15) is 11.6 Å². The van der Waals surface area contributed by atoms with Gasteiger partial charge in [-0.25, -0.2) is 9.37 Å². The molecule has 0 saturated heterocycles. The van der Waals surface area contributed by atoms with Crippen molar-refractivity contribution in [3.63, 3.8) is 0 Å². The fourth-order valence-electron chi connectivity index (χ4n) is 2.40. The van der Waals surface area contributed by atoms with Crippen LogP contribution in [0.2, 0.25) is 5.02 Å². The van der Waals surface area contributed by atoms with Crippen molar-refractivity contribution in [1.82, 2.24) is 9.55 Å². The Morgan fingerprint density at radius 1 is 1.29 bits per heavy atom. The molecule has 28 heavy (non-hydrogen) atoms. The third-order valence-electron chi connectivity index (χ3n) is 3.69. The Hall–Kier alpha value is -2.84. The largest absolute Gasteiger partial charge is 0.495 e. The van der Waals surface area contributed by atoms with Crippen LogP contribution in [-0.2, 0) is 4.79 Å². The second-order valence-electron chi connectivity index (χ2n) is 5.57. The monoisotopic (exact) mass is 419 g/mol. The lowest BCUT2D eigenvalue weighted by Gasteiger charge is -2.10. The maximum absolute atomic E-state index is 13.1. The number of nitrogens with zero attached hydrogens (tertiary/aromatic N) is 2. The summed E-state index contributed by atoms with van der Waals surface area (Å²) in [6.45, 7) is 0. The first-order chi connectivity index (χ1) is 13.5. The number of aromatic nitrogens is 2. The number of amides is 1. The molecule has 0 unspecified atom stereocenters. The molecule has 1 aromatic heterocycles. The third kappa shape index (κ3) is 4.71. The number of benzene rings is 2. The number of carbonyl (C=O) groups is 1. The number of carbonyl (C=O) groups excluding carboxylic acids is 1. The van der Waals surface area contributed by atoms with E-state index in [0.717, 1.165) is 11.8 Å². The number of ether oxygens (including phenoxy) is 1. The minimum atomic E-state index is -0.396. The number of hydrogen-bond acceptors (Lipinski definition) is 5. The normalized spacial score (nSPS) is 10.5. The van der Waals surface area contributed by atoms with E-state index >= 15 is 0 Å². The first kappa shape index (κ1) is 19.9. The SMILES string of the molecule is COc1ccc(Cl)cc1NC(=O)CSc1nccn(-c2ccc(F)cc2)c1=O. The summed E-state index contributed by atoms with van der Waals surface area (Å²) in [7, 11) is 1.49. The van der Waals surface area contributed by atoms with E-state index in [-0.39, 0.29) is 16.7 Å². The minimum absolute atomic E-state index is 0.0364. The van der Waals surface area contributed by atoms with Gasteiger partial charge >= 0.3 is 0 Å². The molecule has 0 atom stereocenters. The van der Waals surface area contributed by atoms with E-state index in [1.54, 1.807) is 18.2 Å². The summed E-state index contributed by atoms with van der Waals surface area (Å²) in [6, 6.07) is 10.4. The van der Waals surface area contributed by atoms with Crippen LogP contribution >= 0.6 is 23.4 Å². The van der Waals surface area contributed by atoms with Crippen LogP contribution in [0.15, 0.2) is 64.7 Å². The van der Waals surface area contributed by atoms with Gasteiger partial charge in [-0.2, -0.15) is 0 Å². The van der Waals surface area contributed by atoms with Gasteiger partial charge < -0.3 is 10.1 Å².